The van der Waals surface area contributed by atoms with E-state index in [-0.39, 0.29) is 24.4 Å². The molecule has 3 N–H and O–H groups in total. The number of aliphatic hydroxyl groups is 1. The Morgan fingerprint density at radius 3 is 2.32 bits per heavy atom. The first kappa shape index (κ1) is 23.4. The number of benzene rings is 2. The number of hydrogen-bond donors (Lipinski definition) is 3. The summed E-state index contributed by atoms with van der Waals surface area (Å²) in [5, 5.41) is 17.0. The molecule has 168 valence electrons. The van der Waals surface area contributed by atoms with Gasteiger partial charge < -0.3 is 15.7 Å². The zero-order valence-electron chi connectivity index (χ0n) is 18.4. The highest BCUT2D eigenvalue weighted by Crippen LogP contribution is 2.45. The number of carbonyl (C=O) groups excluding carboxylic acids is 1. The summed E-state index contributed by atoms with van der Waals surface area (Å²) in [7, 11) is 0. The second-order valence-corrected chi connectivity index (χ2v) is 9.12. The van der Waals surface area contributed by atoms with Crippen molar-refractivity contribution in [2.75, 3.05) is 6.54 Å². The van der Waals surface area contributed by atoms with Crippen molar-refractivity contribution in [3.63, 3.8) is 0 Å². The van der Waals surface area contributed by atoms with Gasteiger partial charge in [-0.2, -0.15) is 0 Å². The van der Waals surface area contributed by atoms with E-state index in [2.05, 4.69) is 48.7 Å². The van der Waals surface area contributed by atoms with Crippen molar-refractivity contribution in [1.29, 1.82) is 0 Å². The lowest BCUT2D eigenvalue weighted by molar-refractivity contribution is -0.120. The van der Waals surface area contributed by atoms with Crippen molar-refractivity contribution >= 4 is 5.91 Å². The molecule has 0 heterocycles. The van der Waals surface area contributed by atoms with E-state index in [1.807, 2.05) is 0 Å². The molecule has 1 fully saturated rings. The van der Waals surface area contributed by atoms with Gasteiger partial charge in [0.25, 0.3) is 0 Å². The highest BCUT2D eigenvalue weighted by atomic mass is 19.1. The van der Waals surface area contributed by atoms with Gasteiger partial charge in [-0.1, -0.05) is 38.1 Å². The lowest BCUT2D eigenvalue weighted by atomic mass is 9.96. The molecule has 0 saturated heterocycles. The van der Waals surface area contributed by atoms with Crippen LogP contribution in [0.25, 0.3) is 0 Å². The van der Waals surface area contributed by atoms with Crippen molar-refractivity contribution in [1.82, 2.24) is 10.6 Å². The van der Waals surface area contributed by atoms with Crippen LogP contribution in [0, 0.1) is 17.6 Å². The van der Waals surface area contributed by atoms with Gasteiger partial charge in [0.1, 0.15) is 11.6 Å². The average Bonchev–Trinajstić information content (AvgIpc) is 3.45. The summed E-state index contributed by atoms with van der Waals surface area (Å²) in [5.41, 5.74) is 2.73. The zero-order valence-corrected chi connectivity index (χ0v) is 18.4. The number of carbonyl (C=O) groups is 1. The standard InChI is InChI=1S/C25H32F2N2O2/c1-16(2)9-18-5-4-6-20(10-18)25(7-8-25)28-15-24(31)23(29-17(3)30)13-19-11-21(26)14-22(27)12-19/h4-6,10-12,14,16,23-24,28,31H,7-9,13,15H2,1-3H3,(H,29,30). The second kappa shape index (κ2) is 9.88. The van der Waals surface area contributed by atoms with Crippen LogP contribution in [0.3, 0.4) is 0 Å². The van der Waals surface area contributed by atoms with Crippen molar-refractivity contribution in [3.05, 3.63) is 70.8 Å². The van der Waals surface area contributed by atoms with Gasteiger partial charge in [0.2, 0.25) is 5.91 Å². The van der Waals surface area contributed by atoms with Crippen LogP contribution in [0.15, 0.2) is 42.5 Å². The number of aliphatic hydroxyl groups excluding tert-OH is 1. The van der Waals surface area contributed by atoms with Gasteiger partial charge in [-0.3, -0.25) is 4.79 Å². The molecule has 1 saturated carbocycles. The molecule has 0 radical (unpaired) electrons. The fourth-order valence-electron chi connectivity index (χ4n) is 4.13. The first-order chi connectivity index (χ1) is 14.7. The normalized spacial score (nSPS) is 16.7. The molecule has 2 unspecified atom stereocenters. The van der Waals surface area contributed by atoms with Gasteiger partial charge in [0.05, 0.1) is 12.1 Å². The largest absolute Gasteiger partial charge is 0.390 e. The topological polar surface area (TPSA) is 61.4 Å². The van der Waals surface area contributed by atoms with E-state index in [0.29, 0.717) is 11.5 Å². The maximum absolute atomic E-state index is 13.6. The Bertz CT molecular complexity index is 892. The number of nitrogens with one attached hydrogen (secondary N) is 2. The summed E-state index contributed by atoms with van der Waals surface area (Å²) in [5.74, 6) is -1.08. The molecule has 0 aliphatic heterocycles. The molecule has 1 amide bonds. The van der Waals surface area contributed by atoms with Crippen LogP contribution in [-0.2, 0) is 23.2 Å². The monoisotopic (exact) mass is 430 g/mol. The predicted molar refractivity (Wildman–Crippen MR) is 118 cm³/mol. The Kier molecular flexibility index (Phi) is 7.44. The molecule has 1 aliphatic carbocycles. The third kappa shape index (κ3) is 6.58. The van der Waals surface area contributed by atoms with E-state index in [1.165, 1.54) is 30.2 Å². The second-order valence-electron chi connectivity index (χ2n) is 9.12. The molecule has 1 aliphatic rings. The quantitative estimate of drug-likeness (QED) is 0.537. The van der Waals surface area contributed by atoms with Gasteiger partial charge >= 0.3 is 0 Å². The maximum Gasteiger partial charge on any atom is 0.217 e. The smallest absolute Gasteiger partial charge is 0.217 e. The number of halogens is 2. The average molecular weight is 431 g/mol. The highest BCUT2D eigenvalue weighted by molar-refractivity contribution is 5.73. The predicted octanol–water partition coefficient (Wildman–Crippen LogP) is 3.85. The van der Waals surface area contributed by atoms with Gasteiger partial charge in [-0.25, -0.2) is 8.78 Å². The molecule has 2 aromatic rings. The molecule has 0 bridgehead atoms. The fraction of sp³-hybridized carbons (Fsp3) is 0.480. The zero-order chi connectivity index (χ0) is 22.6. The first-order valence-corrected chi connectivity index (χ1v) is 10.9. The molecule has 31 heavy (non-hydrogen) atoms. The van der Waals surface area contributed by atoms with Crippen molar-refractivity contribution in [2.24, 2.45) is 5.92 Å². The maximum atomic E-state index is 13.6. The minimum absolute atomic E-state index is 0.133. The minimum atomic E-state index is -0.911. The molecule has 3 rings (SSSR count). The van der Waals surface area contributed by atoms with Crippen molar-refractivity contribution in [2.45, 2.75) is 64.1 Å². The van der Waals surface area contributed by atoms with Gasteiger partial charge in [0, 0.05) is 25.1 Å². The van der Waals surface area contributed by atoms with Gasteiger partial charge in [-0.15, -0.1) is 0 Å². The molecule has 6 heteroatoms. The van der Waals surface area contributed by atoms with Crippen LogP contribution >= 0.6 is 0 Å². The lowest BCUT2D eigenvalue weighted by Crippen LogP contribution is -2.49. The summed E-state index contributed by atoms with van der Waals surface area (Å²) in [4.78, 5) is 11.7. The Morgan fingerprint density at radius 2 is 1.74 bits per heavy atom. The summed E-state index contributed by atoms with van der Waals surface area (Å²) in [6, 6.07) is 11.1. The number of rotatable bonds is 10. The SMILES string of the molecule is CC(=O)NC(Cc1cc(F)cc(F)c1)C(O)CNC1(c2cccc(CC(C)C)c2)CC1. The molecular weight excluding hydrogens is 398 g/mol. The van der Waals surface area contributed by atoms with E-state index in [0.717, 1.165) is 25.3 Å². The van der Waals surface area contributed by atoms with Crippen LogP contribution in [0.5, 0.6) is 0 Å². The Balaban J connectivity index is 1.67. The Morgan fingerprint density at radius 1 is 1.06 bits per heavy atom. The third-order valence-corrected chi connectivity index (χ3v) is 5.75. The van der Waals surface area contributed by atoms with Crippen LogP contribution in [0.2, 0.25) is 0 Å². The van der Waals surface area contributed by atoms with E-state index in [9.17, 15) is 18.7 Å². The molecular formula is C25H32F2N2O2. The van der Waals surface area contributed by atoms with Gasteiger partial charge in [-0.05, 0) is 60.4 Å². The fourth-order valence-corrected chi connectivity index (χ4v) is 4.13. The van der Waals surface area contributed by atoms with E-state index in [1.54, 1.807) is 0 Å². The summed E-state index contributed by atoms with van der Waals surface area (Å²) in [6.07, 6.45) is 2.19. The van der Waals surface area contributed by atoms with Crippen LogP contribution in [0.4, 0.5) is 8.78 Å². The number of amides is 1. The third-order valence-electron chi connectivity index (χ3n) is 5.75. The minimum Gasteiger partial charge on any atom is -0.390 e. The molecule has 4 nitrogen and oxygen atoms in total. The van der Waals surface area contributed by atoms with Crippen LogP contribution < -0.4 is 10.6 Å². The van der Waals surface area contributed by atoms with E-state index in [4.69, 9.17) is 0 Å². The summed E-state index contributed by atoms with van der Waals surface area (Å²) >= 11 is 0. The first-order valence-electron chi connectivity index (χ1n) is 10.9. The Hall–Kier alpha value is -2.31. The number of hydrogen-bond acceptors (Lipinski definition) is 3. The van der Waals surface area contributed by atoms with E-state index < -0.39 is 23.8 Å². The molecule has 0 spiro atoms. The van der Waals surface area contributed by atoms with Gasteiger partial charge in [0.15, 0.2) is 0 Å². The van der Waals surface area contributed by atoms with Crippen LogP contribution in [0.1, 0.15) is 50.3 Å². The summed E-state index contributed by atoms with van der Waals surface area (Å²) < 4.78 is 27.1. The molecule has 2 atom stereocenters. The van der Waals surface area contributed by atoms with Crippen molar-refractivity contribution < 1.29 is 18.7 Å². The Labute approximate surface area is 183 Å². The molecule has 2 aromatic carbocycles. The van der Waals surface area contributed by atoms with E-state index >= 15 is 0 Å². The van der Waals surface area contributed by atoms with Crippen LogP contribution in [-0.4, -0.2) is 29.7 Å². The summed E-state index contributed by atoms with van der Waals surface area (Å²) in [6.45, 7) is 6.01. The highest BCUT2D eigenvalue weighted by Gasteiger charge is 2.44. The van der Waals surface area contributed by atoms with Crippen molar-refractivity contribution in [3.8, 4) is 0 Å². The lowest BCUT2D eigenvalue weighted by Gasteiger charge is -2.27. The molecule has 0 aromatic heterocycles.